The van der Waals surface area contributed by atoms with Crippen LogP contribution in [0.25, 0.3) is 0 Å². The zero-order valence-corrected chi connectivity index (χ0v) is 22.5. The highest BCUT2D eigenvalue weighted by molar-refractivity contribution is 7.17. The summed E-state index contributed by atoms with van der Waals surface area (Å²) >= 11 is 1.59. The first-order chi connectivity index (χ1) is 16.6. The van der Waals surface area contributed by atoms with Gasteiger partial charge in [0.15, 0.2) is 0 Å². The molecule has 7 heteroatoms. The lowest BCUT2D eigenvalue weighted by molar-refractivity contribution is -0.117. The maximum Gasteiger partial charge on any atom is 0.258 e. The van der Waals surface area contributed by atoms with E-state index in [-0.39, 0.29) is 17.2 Å². The molecule has 35 heavy (non-hydrogen) atoms. The number of methoxy groups -OCH3 is 1. The first-order valence-corrected chi connectivity index (χ1v) is 13.6. The quantitative estimate of drug-likeness (QED) is 0.527. The van der Waals surface area contributed by atoms with E-state index in [9.17, 15) is 9.59 Å². The molecule has 2 heterocycles. The van der Waals surface area contributed by atoms with Gasteiger partial charge in [0.2, 0.25) is 5.91 Å². The summed E-state index contributed by atoms with van der Waals surface area (Å²) in [6.45, 7) is 11.4. The average molecular weight is 498 g/mol. The van der Waals surface area contributed by atoms with E-state index in [0.29, 0.717) is 28.7 Å². The van der Waals surface area contributed by atoms with Crippen molar-refractivity contribution < 1.29 is 14.3 Å². The number of amides is 2. The molecule has 1 saturated heterocycles. The van der Waals surface area contributed by atoms with Crippen molar-refractivity contribution >= 4 is 33.8 Å². The molecule has 2 N–H and O–H groups in total. The molecule has 1 aliphatic heterocycles. The predicted molar refractivity (Wildman–Crippen MR) is 144 cm³/mol. The molecule has 190 valence electrons. The van der Waals surface area contributed by atoms with Crippen molar-refractivity contribution in [3.63, 3.8) is 0 Å². The Morgan fingerprint density at radius 3 is 2.40 bits per heavy atom. The molecule has 0 saturated carbocycles. The fourth-order valence-electron chi connectivity index (χ4n) is 5.11. The number of piperidine rings is 1. The van der Waals surface area contributed by atoms with Gasteiger partial charge in [0.25, 0.3) is 5.91 Å². The lowest BCUT2D eigenvalue weighted by atomic mass is 9.72. The SMILES string of the molecule is COc1ccc(NC(=O)c2c(NC(=O)CN3CCC(C)CC3)sc3c2CC[C@@H](C(C)(C)C)C3)cc1. The topological polar surface area (TPSA) is 70.7 Å². The minimum Gasteiger partial charge on any atom is -0.497 e. The number of hydrogen-bond acceptors (Lipinski definition) is 5. The molecule has 0 unspecified atom stereocenters. The second-order valence-electron chi connectivity index (χ2n) is 11.2. The van der Waals surface area contributed by atoms with Crippen molar-refractivity contribution in [2.75, 3.05) is 37.4 Å². The van der Waals surface area contributed by atoms with Crippen LogP contribution >= 0.6 is 11.3 Å². The Hall–Kier alpha value is -2.38. The maximum atomic E-state index is 13.5. The lowest BCUT2D eigenvalue weighted by Crippen LogP contribution is -2.38. The highest BCUT2D eigenvalue weighted by atomic mass is 32.1. The van der Waals surface area contributed by atoms with Gasteiger partial charge in [-0.1, -0.05) is 27.7 Å². The van der Waals surface area contributed by atoms with Crippen LogP contribution in [0.5, 0.6) is 5.75 Å². The van der Waals surface area contributed by atoms with Gasteiger partial charge in [-0.25, -0.2) is 0 Å². The monoisotopic (exact) mass is 497 g/mol. The van der Waals surface area contributed by atoms with E-state index in [1.165, 1.54) is 4.88 Å². The van der Waals surface area contributed by atoms with E-state index in [0.717, 1.165) is 62.4 Å². The summed E-state index contributed by atoms with van der Waals surface area (Å²) < 4.78 is 5.23. The molecule has 6 nitrogen and oxygen atoms in total. The van der Waals surface area contributed by atoms with Crippen LogP contribution in [-0.4, -0.2) is 43.5 Å². The molecule has 1 atom stereocenters. The van der Waals surface area contributed by atoms with Crippen molar-refractivity contribution in [3.8, 4) is 5.75 Å². The number of rotatable bonds is 6. The molecule has 1 fully saturated rings. The van der Waals surface area contributed by atoms with Gasteiger partial charge in [0.05, 0.1) is 19.2 Å². The Balaban J connectivity index is 1.56. The highest BCUT2D eigenvalue weighted by Crippen LogP contribution is 2.44. The van der Waals surface area contributed by atoms with Gasteiger partial charge in [-0.05, 0) is 92.3 Å². The molecule has 2 aromatic rings. The second kappa shape index (κ2) is 10.7. The molecule has 0 spiro atoms. The molecule has 1 aromatic carbocycles. The van der Waals surface area contributed by atoms with E-state index in [1.54, 1.807) is 18.4 Å². The molecule has 4 rings (SSSR count). The molecular weight excluding hydrogens is 458 g/mol. The van der Waals surface area contributed by atoms with Crippen LogP contribution < -0.4 is 15.4 Å². The molecule has 1 aliphatic carbocycles. The van der Waals surface area contributed by atoms with Gasteiger partial charge >= 0.3 is 0 Å². The van der Waals surface area contributed by atoms with Crippen molar-refractivity contribution in [1.82, 2.24) is 4.90 Å². The minimum absolute atomic E-state index is 0.0379. The largest absolute Gasteiger partial charge is 0.497 e. The van der Waals surface area contributed by atoms with Gasteiger partial charge < -0.3 is 15.4 Å². The predicted octanol–water partition coefficient (Wildman–Crippen LogP) is 5.83. The summed E-state index contributed by atoms with van der Waals surface area (Å²) in [7, 11) is 1.62. The van der Waals surface area contributed by atoms with Gasteiger partial charge in [0, 0.05) is 10.6 Å². The summed E-state index contributed by atoms with van der Waals surface area (Å²) in [5.74, 6) is 1.82. The first kappa shape index (κ1) is 25.7. The van der Waals surface area contributed by atoms with E-state index < -0.39 is 0 Å². The fraction of sp³-hybridized carbons (Fsp3) is 0.571. The number of carbonyl (C=O) groups excluding carboxylic acids is 2. The zero-order chi connectivity index (χ0) is 25.2. The number of fused-ring (bicyclic) bond motifs is 1. The number of ether oxygens (including phenoxy) is 1. The molecule has 2 aliphatic rings. The fourth-order valence-corrected chi connectivity index (χ4v) is 6.45. The van der Waals surface area contributed by atoms with Gasteiger partial charge in [0.1, 0.15) is 10.8 Å². The van der Waals surface area contributed by atoms with Crippen molar-refractivity contribution in [2.24, 2.45) is 17.3 Å². The number of anilines is 2. The van der Waals surface area contributed by atoms with Crippen molar-refractivity contribution in [1.29, 1.82) is 0 Å². The number of thiophene rings is 1. The third-order valence-corrected chi connectivity index (χ3v) is 8.73. The van der Waals surface area contributed by atoms with Crippen LogP contribution in [-0.2, 0) is 17.6 Å². The number of benzene rings is 1. The van der Waals surface area contributed by atoms with Gasteiger partial charge in [-0.15, -0.1) is 11.3 Å². The lowest BCUT2D eigenvalue weighted by Gasteiger charge is -2.33. The van der Waals surface area contributed by atoms with Gasteiger partial charge in [-0.2, -0.15) is 0 Å². The number of nitrogens with one attached hydrogen (secondary N) is 2. The van der Waals surface area contributed by atoms with E-state index in [2.05, 4.69) is 43.2 Å². The summed E-state index contributed by atoms with van der Waals surface area (Å²) in [5, 5.41) is 6.85. The standard InChI is InChI=1S/C28H39N3O3S/c1-18-12-14-31(15-13-18)17-24(32)30-27-25(26(33)29-20-7-9-21(34-5)10-8-20)22-11-6-19(28(2,3)4)16-23(22)35-27/h7-10,18-19H,6,11-17H2,1-5H3,(H,29,33)(H,30,32)/t19-/m1/s1. The van der Waals surface area contributed by atoms with Crippen LogP contribution in [0.4, 0.5) is 10.7 Å². The van der Waals surface area contributed by atoms with Crippen LogP contribution in [0.15, 0.2) is 24.3 Å². The third kappa shape index (κ3) is 6.25. The highest BCUT2D eigenvalue weighted by Gasteiger charge is 2.34. The molecule has 1 aromatic heterocycles. The summed E-state index contributed by atoms with van der Waals surface area (Å²) in [5.41, 5.74) is 2.65. The number of hydrogen-bond donors (Lipinski definition) is 2. The molecule has 0 radical (unpaired) electrons. The Bertz CT molecular complexity index is 1050. The van der Waals surface area contributed by atoms with E-state index in [1.807, 2.05) is 24.3 Å². The first-order valence-electron chi connectivity index (χ1n) is 12.8. The zero-order valence-electron chi connectivity index (χ0n) is 21.7. The average Bonchev–Trinajstić information content (AvgIpc) is 3.17. The Morgan fingerprint density at radius 1 is 1.09 bits per heavy atom. The normalized spacial score (nSPS) is 19.2. The summed E-state index contributed by atoms with van der Waals surface area (Å²) in [6, 6.07) is 7.32. The summed E-state index contributed by atoms with van der Waals surface area (Å²) in [4.78, 5) is 30.0. The summed E-state index contributed by atoms with van der Waals surface area (Å²) in [6.07, 6.45) is 5.12. The molecular formula is C28H39N3O3S. The van der Waals surface area contributed by atoms with Crippen LogP contribution in [0, 0.1) is 17.3 Å². The molecule has 2 amide bonds. The smallest absolute Gasteiger partial charge is 0.258 e. The maximum absolute atomic E-state index is 13.5. The number of nitrogens with zero attached hydrogens (tertiary/aromatic N) is 1. The minimum atomic E-state index is -0.163. The van der Waals surface area contributed by atoms with E-state index >= 15 is 0 Å². The Kier molecular flexibility index (Phi) is 7.86. The van der Waals surface area contributed by atoms with E-state index in [4.69, 9.17) is 4.74 Å². The van der Waals surface area contributed by atoms with Crippen LogP contribution in [0.2, 0.25) is 0 Å². The number of carbonyl (C=O) groups is 2. The van der Waals surface area contributed by atoms with Crippen molar-refractivity contribution in [3.05, 3.63) is 40.3 Å². The van der Waals surface area contributed by atoms with Crippen molar-refractivity contribution in [2.45, 2.75) is 59.8 Å². The van der Waals surface area contributed by atoms with Gasteiger partial charge in [-0.3, -0.25) is 14.5 Å². The Labute approximate surface area is 213 Å². The molecule has 0 bridgehead atoms. The van der Waals surface area contributed by atoms with Crippen LogP contribution in [0.3, 0.4) is 0 Å². The third-order valence-electron chi connectivity index (χ3n) is 7.56. The number of likely N-dealkylation sites (tertiary alicyclic amines) is 1. The second-order valence-corrected chi connectivity index (χ2v) is 12.3. The Morgan fingerprint density at radius 2 is 1.77 bits per heavy atom. The van der Waals surface area contributed by atoms with Crippen LogP contribution in [0.1, 0.15) is 67.8 Å².